The maximum absolute atomic E-state index is 5.72. The molecular weight excluding hydrogens is 148 g/mol. The maximum atomic E-state index is 5.72. The summed E-state index contributed by atoms with van der Waals surface area (Å²) in [6.07, 6.45) is 1.76. The number of hydrogen-bond donors (Lipinski definition) is 1. The summed E-state index contributed by atoms with van der Waals surface area (Å²) < 4.78 is 0. The van der Waals surface area contributed by atoms with Gasteiger partial charge in [-0.1, -0.05) is 27.7 Å². The van der Waals surface area contributed by atoms with Gasteiger partial charge in [0.1, 0.15) is 0 Å². The molecule has 2 heteroatoms. The standard InChI is InChI=1S/C10H20N2/c1-7(2)9(5)12-6-10(11)8(3)4/h6-8H,11H2,1-5H3/b10-6-,12-9+. The van der Waals surface area contributed by atoms with Crippen molar-refractivity contribution in [2.24, 2.45) is 22.6 Å². The smallest absolute Gasteiger partial charge is 0.0457 e. The van der Waals surface area contributed by atoms with Gasteiger partial charge >= 0.3 is 0 Å². The molecule has 0 aromatic rings. The first-order chi connectivity index (χ1) is 5.45. The molecule has 0 aliphatic rings. The van der Waals surface area contributed by atoms with Crippen molar-refractivity contribution in [2.45, 2.75) is 34.6 Å². The van der Waals surface area contributed by atoms with Crippen molar-refractivity contribution >= 4 is 5.71 Å². The predicted molar refractivity (Wildman–Crippen MR) is 55.1 cm³/mol. The summed E-state index contributed by atoms with van der Waals surface area (Å²) in [5.74, 6) is 0.884. The third-order valence-corrected chi connectivity index (χ3v) is 1.92. The lowest BCUT2D eigenvalue weighted by atomic mass is 10.1. The van der Waals surface area contributed by atoms with E-state index in [4.69, 9.17) is 5.73 Å². The molecule has 0 aliphatic heterocycles. The predicted octanol–water partition coefficient (Wildman–Crippen LogP) is 2.56. The Morgan fingerprint density at radius 2 is 1.67 bits per heavy atom. The van der Waals surface area contributed by atoms with Gasteiger partial charge < -0.3 is 5.73 Å². The number of nitrogens with zero attached hydrogens (tertiary/aromatic N) is 1. The molecule has 0 heterocycles. The molecule has 0 rings (SSSR count). The van der Waals surface area contributed by atoms with Crippen molar-refractivity contribution in [2.75, 3.05) is 0 Å². The highest BCUT2D eigenvalue weighted by Gasteiger charge is 1.97. The van der Waals surface area contributed by atoms with E-state index in [1.54, 1.807) is 6.20 Å². The molecule has 0 aromatic carbocycles. The quantitative estimate of drug-likeness (QED) is 0.646. The second-order valence-electron chi connectivity index (χ2n) is 3.71. The lowest BCUT2D eigenvalue weighted by Gasteiger charge is -2.04. The van der Waals surface area contributed by atoms with Crippen LogP contribution in [0.1, 0.15) is 34.6 Å². The Bertz CT molecular complexity index is 166. The summed E-state index contributed by atoms with van der Waals surface area (Å²) >= 11 is 0. The molecule has 0 saturated heterocycles. The zero-order valence-electron chi connectivity index (χ0n) is 8.76. The number of allylic oxidation sites excluding steroid dienone is 1. The summed E-state index contributed by atoms with van der Waals surface area (Å²) in [6, 6.07) is 0. The highest BCUT2D eigenvalue weighted by atomic mass is 14.7. The van der Waals surface area contributed by atoms with E-state index in [1.165, 1.54) is 0 Å². The van der Waals surface area contributed by atoms with Gasteiger partial charge in [-0.15, -0.1) is 0 Å². The van der Waals surface area contributed by atoms with Gasteiger partial charge in [0.25, 0.3) is 0 Å². The van der Waals surface area contributed by atoms with Crippen molar-refractivity contribution in [3.63, 3.8) is 0 Å². The summed E-state index contributed by atoms with van der Waals surface area (Å²) in [7, 11) is 0. The van der Waals surface area contributed by atoms with Crippen molar-refractivity contribution < 1.29 is 0 Å². The molecular formula is C10H20N2. The fourth-order valence-electron chi connectivity index (χ4n) is 0.474. The van der Waals surface area contributed by atoms with Gasteiger partial charge in [0, 0.05) is 17.6 Å². The Hall–Kier alpha value is -0.790. The van der Waals surface area contributed by atoms with Gasteiger partial charge in [-0.2, -0.15) is 0 Å². The van der Waals surface area contributed by atoms with E-state index < -0.39 is 0 Å². The van der Waals surface area contributed by atoms with E-state index >= 15 is 0 Å². The zero-order valence-corrected chi connectivity index (χ0v) is 8.76. The van der Waals surface area contributed by atoms with Crippen LogP contribution in [0.2, 0.25) is 0 Å². The van der Waals surface area contributed by atoms with Crippen molar-refractivity contribution in [1.82, 2.24) is 0 Å². The second-order valence-corrected chi connectivity index (χ2v) is 3.71. The molecule has 12 heavy (non-hydrogen) atoms. The van der Waals surface area contributed by atoms with Crippen LogP contribution >= 0.6 is 0 Å². The SMILES string of the molecule is C/C(=N\C=C(/N)C(C)C)C(C)C. The van der Waals surface area contributed by atoms with Gasteiger partial charge in [-0.25, -0.2) is 0 Å². The maximum Gasteiger partial charge on any atom is 0.0457 e. The Labute approximate surface area is 75.6 Å². The first kappa shape index (κ1) is 11.2. The normalized spacial score (nSPS) is 14.6. The minimum Gasteiger partial charge on any atom is -0.401 e. The van der Waals surface area contributed by atoms with Crippen LogP contribution in [0.5, 0.6) is 0 Å². The lowest BCUT2D eigenvalue weighted by Crippen LogP contribution is -2.06. The van der Waals surface area contributed by atoms with E-state index in [2.05, 4.69) is 32.7 Å². The Morgan fingerprint density at radius 3 is 2.00 bits per heavy atom. The van der Waals surface area contributed by atoms with Crippen LogP contribution in [0.15, 0.2) is 16.9 Å². The summed E-state index contributed by atoms with van der Waals surface area (Å²) in [5.41, 5.74) is 7.69. The van der Waals surface area contributed by atoms with Gasteiger partial charge in [0.2, 0.25) is 0 Å². The number of nitrogens with two attached hydrogens (primary N) is 1. The Morgan fingerprint density at radius 1 is 1.17 bits per heavy atom. The summed E-state index contributed by atoms with van der Waals surface area (Å²) in [4.78, 5) is 4.27. The molecule has 0 bridgehead atoms. The van der Waals surface area contributed by atoms with Crippen molar-refractivity contribution in [3.8, 4) is 0 Å². The first-order valence-corrected chi connectivity index (χ1v) is 4.45. The molecule has 0 radical (unpaired) electrons. The van der Waals surface area contributed by atoms with E-state index in [0.717, 1.165) is 11.4 Å². The molecule has 0 aromatic heterocycles. The molecule has 70 valence electrons. The van der Waals surface area contributed by atoms with E-state index in [1.807, 2.05) is 6.92 Å². The molecule has 0 atom stereocenters. The van der Waals surface area contributed by atoms with Gasteiger partial charge in [0.05, 0.1) is 0 Å². The van der Waals surface area contributed by atoms with Gasteiger partial charge in [-0.05, 0) is 18.8 Å². The van der Waals surface area contributed by atoms with E-state index in [0.29, 0.717) is 11.8 Å². The summed E-state index contributed by atoms with van der Waals surface area (Å²) in [6.45, 7) is 10.4. The molecule has 0 spiro atoms. The van der Waals surface area contributed by atoms with Crippen LogP contribution in [-0.2, 0) is 0 Å². The zero-order chi connectivity index (χ0) is 9.72. The molecule has 2 N–H and O–H groups in total. The van der Waals surface area contributed by atoms with Gasteiger partial charge in [0.15, 0.2) is 0 Å². The highest BCUT2D eigenvalue weighted by molar-refractivity contribution is 5.84. The minimum absolute atomic E-state index is 0.383. The highest BCUT2D eigenvalue weighted by Crippen LogP contribution is 2.03. The van der Waals surface area contributed by atoms with Crippen LogP contribution in [0, 0.1) is 11.8 Å². The van der Waals surface area contributed by atoms with Crippen LogP contribution in [-0.4, -0.2) is 5.71 Å². The molecule has 0 fully saturated rings. The Kier molecular flexibility index (Phi) is 4.64. The third-order valence-electron chi connectivity index (χ3n) is 1.92. The summed E-state index contributed by atoms with van der Waals surface area (Å²) in [5, 5.41) is 0. The molecule has 0 unspecified atom stereocenters. The largest absolute Gasteiger partial charge is 0.401 e. The van der Waals surface area contributed by atoms with E-state index in [9.17, 15) is 0 Å². The average Bonchev–Trinajstić information content (AvgIpc) is 1.98. The van der Waals surface area contributed by atoms with Crippen molar-refractivity contribution in [1.29, 1.82) is 0 Å². The van der Waals surface area contributed by atoms with Crippen molar-refractivity contribution in [3.05, 3.63) is 11.9 Å². The van der Waals surface area contributed by atoms with Crippen LogP contribution < -0.4 is 5.73 Å². The van der Waals surface area contributed by atoms with E-state index in [-0.39, 0.29) is 0 Å². The monoisotopic (exact) mass is 168 g/mol. The first-order valence-electron chi connectivity index (χ1n) is 4.45. The average molecular weight is 168 g/mol. The Balaban J connectivity index is 4.27. The fraction of sp³-hybridized carbons (Fsp3) is 0.700. The van der Waals surface area contributed by atoms with Crippen LogP contribution in [0.25, 0.3) is 0 Å². The third kappa shape index (κ3) is 4.16. The topological polar surface area (TPSA) is 38.4 Å². The molecule has 0 saturated carbocycles. The van der Waals surface area contributed by atoms with Crippen LogP contribution in [0.3, 0.4) is 0 Å². The molecule has 0 aliphatic carbocycles. The number of rotatable bonds is 3. The number of hydrogen-bond acceptors (Lipinski definition) is 2. The van der Waals surface area contributed by atoms with Crippen LogP contribution in [0.4, 0.5) is 0 Å². The van der Waals surface area contributed by atoms with Gasteiger partial charge in [-0.3, -0.25) is 4.99 Å². The lowest BCUT2D eigenvalue weighted by molar-refractivity contribution is 0.753. The minimum atomic E-state index is 0.383. The second kappa shape index (κ2) is 4.96. The molecule has 2 nitrogen and oxygen atoms in total. The number of aliphatic imine (C=N–C) groups is 1. The molecule has 0 amide bonds. The fourth-order valence-corrected chi connectivity index (χ4v) is 0.474.